The summed E-state index contributed by atoms with van der Waals surface area (Å²) in [6.45, 7) is 8.32. The van der Waals surface area contributed by atoms with Crippen LogP contribution in [0.3, 0.4) is 0 Å². The predicted molar refractivity (Wildman–Crippen MR) is 71.1 cm³/mol. The monoisotopic (exact) mass is 241 g/mol. The summed E-state index contributed by atoms with van der Waals surface area (Å²) in [6, 6.07) is 2.65. The quantitative estimate of drug-likeness (QED) is 0.702. The molecule has 1 atom stereocenters. The average molecular weight is 241 g/mol. The number of unbranched alkanes of at least 4 members (excludes halogenated alkanes) is 1. The first-order chi connectivity index (χ1) is 7.70. The molecule has 0 bridgehead atoms. The molecule has 0 spiro atoms. The molecule has 1 N–H and O–H groups in total. The van der Waals surface area contributed by atoms with E-state index in [-0.39, 0.29) is 0 Å². The second-order valence-corrected chi connectivity index (χ2v) is 5.14. The highest BCUT2D eigenvalue weighted by atomic mass is 32.1. The molecule has 1 rings (SSSR count). The maximum atomic E-state index is 5.50. The van der Waals surface area contributed by atoms with Gasteiger partial charge in [-0.3, -0.25) is 0 Å². The molecule has 1 aromatic heterocycles. The van der Waals surface area contributed by atoms with Crippen LogP contribution < -0.4 is 5.32 Å². The minimum Gasteiger partial charge on any atom is -0.379 e. The lowest BCUT2D eigenvalue weighted by Crippen LogP contribution is -2.19. The van der Waals surface area contributed by atoms with Gasteiger partial charge >= 0.3 is 0 Å². The van der Waals surface area contributed by atoms with Gasteiger partial charge in [0.2, 0.25) is 0 Å². The van der Waals surface area contributed by atoms with E-state index in [1.807, 2.05) is 0 Å². The van der Waals surface area contributed by atoms with E-state index in [0.29, 0.717) is 12.1 Å². The summed E-state index contributed by atoms with van der Waals surface area (Å²) >= 11 is 1.76. The van der Waals surface area contributed by atoms with Gasteiger partial charge in [-0.15, -0.1) is 0 Å². The molecule has 1 unspecified atom stereocenters. The van der Waals surface area contributed by atoms with Crippen molar-refractivity contribution in [2.75, 3.05) is 13.2 Å². The summed E-state index contributed by atoms with van der Waals surface area (Å²) in [6.07, 6.45) is 2.68. The molecule has 0 aliphatic heterocycles. The molecule has 1 aromatic rings. The fourth-order valence-electron chi connectivity index (χ4n) is 1.50. The molecule has 92 valence electrons. The van der Waals surface area contributed by atoms with Crippen LogP contribution in [-0.2, 0) is 4.74 Å². The van der Waals surface area contributed by atoms with E-state index < -0.39 is 0 Å². The Morgan fingerprint density at radius 2 is 2.12 bits per heavy atom. The molecule has 3 heteroatoms. The Hall–Kier alpha value is -0.380. The van der Waals surface area contributed by atoms with Crippen molar-refractivity contribution in [1.82, 2.24) is 5.32 Å². The van der Waals surface area contributed by atoms with Crippen LogP contribution in [0.25, 0.3) is 0 Å². The number of hydrogen-bond acceptors (Lipinski definition) is 3. The van der Waals surface area contributed by atoms with Crippen LogP contribution in [-0.4, -0.2) is 19.3 Å². The molecular weight excluding hydrogens is 218 g/mol. The van der Waals surface area contributed by atoms with E-state index in [4.69, 9.17) is 4.74 Å². The van der Waals surface area contributed by atoms with Gasteiger partial charge in [0.25, 0.3) is 0 Å². The van der Waals surface area contributed by atoms with Crippen molar-refractivity contribution in [3.63, 3.8) is 0 Å². The van der Waals surface area contributed by atoms with Crippen molar-refractivity contribution in [2.24, 2.45) is 0 Å². The first kappa shape index (κ1) is 13.7. The van der Waals surface area contributed by atoms with Crippen molar-refractivity contribution >= 4 is 11.3 Å². The first-order valence-corrected chi connectivity index (χ1v) is 7.01. The van der Waals surface area contributed by atoms with Crippen molar-refractivity contribution in [3.8, 4) is 0 Å². The largest absolute Gasteiger partial charge is 0.379 e. The Bertz CT molecular complexity index is 259. The molecule has 0 aliphatic carbocycles. The number of rotatable bonds is 8. The standard InChI is InChI=1S/C13H23NOS/c1-11(2)15-8-5-4-7-14-12(3)13-6-9-16-10-13/h6,9-12,14H,4-5,7-8H2,1-3H3. The van der Waals surface area contributed by atoms with E-state index in [1.54, 1.807) is 11.3 Å². The normalized spacial score (nSPS) is 13.2. The van der Waals surface area contributed by atoms with Gasteiger partial charge in [-0.1, -0.05) is 0 Å². The molecule has 0 saturated heterocycles. The lowest BCUT2D eigenvalue weighted by molar-refractivity contribution is 0.0759. The highest BCUT2D eigenvalue weighted by Crippen LogP contribution is 2.15. The summed E-state index contributed by atoms with van der Waals surface area (Å²) < 4.78 is 5.50. The number of nitrogens with one attached hydrogen (secondary N) is 1. The fourth-order valence-corrected chi connectivity index (χ4v) is 2.26. The van der Waals surface area contributed by atoms with Crippen LogP contribution in [0.15, 0.2) is 16.8 Å². The first-order valence-electron chi connectivity index (χ1n) is 6.07. The van der Waals surface area contributed by atoms with Gasteiger partial charge in [-0.2, -0.15) is 11.3 Å². The van der Waals surface area contributed by atoms with Gasteiger partial charge < -0.3 is 10.1 Å². The van der Waals surface area contributed by atoms with E-state index in [1.165, 1.54) is 12.0 Å². The zero-order valence-corrected chi connectivity index (χ0v) is 11.3. The van der Waals surface area contributed by atoms with Crippen molar-refractivity contribution in [1.29, 1.82) is 0 Å². The highest BCUT2D eigenvalue weighted by molar-refractivity contribution is 7.07. The second-order valence-electron chi connectivity index (χ2n) is 4.36. The maximum Gasteiger partial charge on any atom is 0.0518 e. The zero-order valence-electron chi connectivity index (χ0n) is 10.5. The van der Waals surface area contributed by atoms with Crippen LogP contribution in [0.2, 0.25) is 0 Å². The molecule has 1 heterocycles. The molecule has 0 aromatic carbocycles. The third-order valence-electron chi connectivity index (χ3n) is 2.52. The Balaban J connectivity index is 1.99. The molecule has 0 amide bonds. The van der Waals surface area contributed by atoms with Crippen LogP contribution in [0.5, 0.6) is 0 Å². The fraction of sp³-hybridized carbons (Fsp3) is 0.692. The van der Waals surface area contributed by atoms with E-state index in [2.05, 4.69) is 42.9 Å². The van der Waals surface area contributed by atoms with E-state index in [0.717, 1.165) is 19.6 Å². The van der Waals surface area contributed by atoms with Gasteiger partial charge in [0.05, 0.1) is 6.10 Å². The van der Waals surface area contributed by atoms with Crippen molar-refractivity contribution in [3.05, 3.63) is 22.4 Å². The number of hydrogen-bond donors (Lipinski definition) is 1. The molecular formula is C13H23NOS. The SMILES string of the molecule is CC(C)OCCCCNC(C)c1ccsc1. The Morgan fingerprint density at radius 3 is 2.75 bits per heavy atom. The van der Waals surface area contributed by atoms with Crippen LogP contribution >= 0.6 is 11.3 Å². The average Bonchev–Trinajstić information content (AvgIpc) is 2.75. The topological polar surface area (TPSA) is 21.3 Å². The smallest absolute Gasteiger partial charge is 0.0518 e. The van der Waals surface area contributed by atoms with Gasteiger partial charge in [-0.25, -0.2) is 0 Å². The lowest BCUT2D eigenvalue weighted by atomic mass is 10.2. The molecule has 2 nitrogen and oxygen atoms in total. The van der Waals surface area contributed by atoms with Crippen LogP contribution in [0.1, 0.15) is 45.2 Å². The predicted octanol–water partition coefficient (Wildman–Crippen LogP) is 3.60. The Kier molecular flexibility index (Phi) is 6.69. The summed E-state index contributed by atoms with van der Waals surface area (Å²) in [5, 5.41) is 7.86. The summed E-state index contributed by atoms with van der Waals surface area (Å²) in [7, 11) is 0. The lowest BCUT2D eigenvalue weighted by Gasteiger charge is -2.12. The third kappa shape index (κ3) is 5.64. The minimum absolute atomic E-state index is 0.359. The van der Waals surface area contributed by atoms with Crippen molar-refractivity contribution < 1.29 is 4.74 Å². The molecule has 16 heavy (non-hydrogen) atoms. The van der Waals surface area contributed by atoms with E-state index in [9.17, 15) is 0 Å². The maximum absolute atomic E-state index is 5.50. The Labute approximate surface area is 103 Å². The van der Waals surface area contributed by atoms with Gasteiger partial charge in [0.1, 0.15) is 0 Å². The minimum atomic E-state index is 0.359. The second kappa shape index (κ2) is 7.82. The molecule has 0 aliphatic rings. The highest BCUT2D eigenvalue weighted by Gasteiger charge is 2.03. The molecule has 0 fully saturated rings. The molecule has 0 radical (unpaired) electrons. The third-order valence-corrected chi connectivity index (χ3v) is 3.22. The number of thiophene rings is 1. The summed E-state index contributed by atoms with van der Waals surface area (Å²) in [4.78, 5) is 0. The number of ether oxygens (including phenoxy) is 1. The van der Waals surface area contributed by atoms with Crippen molar-refractivity contribution in [2.45, 2.75) is 45.8 Å². The Morgan fingerprint density at radius 1 is 1.31 bits per heavy atom. The zero-order chi connectivity index (χ0) is 11.8. The summed E-state index contributed by atoms with van der Waals surface area (Å²) in [5.41, 5.74) is 1.39. The van der Waals surface area contributed by atoms with Crippen LogP contribution in [0.4, 0.5) is 0 Å². The van der Waals surface area contributed by atoms with Gasteiger partial charge in [0, 0.05) is 12.6 Å². The van der Waals surface area contributed by atoms with E-state index >= 15 is 0 Å². The summed E-state index contributed by atoms with van der Waals surface area (Å²) in [5.74, 6) is 0. The van der Waals surface area contributed by atoms with Gasteiger partial charge in [0.15, 0.2) is 0 Å². The van der Waals surface area contributed by atoms with Gasteiger partial charge in [-0.05, 0) is 62.5 Å². The van der Waals surface area contributed by atoms with Crippen LogP contribution in [0, 0.1) is 0 Å². The molecule has 0 saturated carbocycles.